The average molecular weight is 542 g/mol. The van der Waals surface area contributed by atoms with Crippen molar-refractivity contribution in [3.63, 3.8) is 0 Å². The Bertz CT molecular complexity index is 1530. The zero-order chi connectivity index (χ0) is 27.2. The minimum absolute atomic E-state index is 0.187. The van der Waals surface area contributed by atoms with E-state index in [-0.39, 0.29) is 18.6 Å². The number of hydrogen-bond donors (Lipinski definition) is 1. The van der Waals surface area contributed by atoms with Crippen molar-refractivity contribution in [3.8, 4) is 27.7 Å². The molecule has 0 unspecified atom stereocenters. The molecule has 0 fully saturated rings. The fourth-order valence-electron chi connectivity index (χ4n) is 4.42. The third-order valence-electron chi connectivity index (χ3n) is 6.59. The first-order chi connectivity index (χ1) is 19.1. The maximum atomic E-state index is 13.3. The highest BCUT2D eigenvalue weighted by atomic mass is 32.1. The third-order valence-corrected chi connectivity index (χ3v) is 7.48. The highest BCUT2D eigenvalue weighted by Crippen LogP contribution is 2.29. The Hall–Kier alpha value is -4.15. The Morgan fingerprint density at radius 2 is 1.97 bits per heavy atom. The summed E-state index contributed by atoms with van der Waals surface area (Å²) in [6.45, 7) is 9.02. The monoisotopic (exact) mass is 541 g/mol. The third kappa shape index (κ3) is 6.13. The van der Waals surface area contributed by atoms with E-state index in [1.807, 2.05) is 41.9 Å². The summed E-state index contributed by atoms with van der Waals surface area (Å²) in [4.78, 5) is 30.4. The van der Waals surface area contributed by atoms with E-state index >= 15 is 0 Å². The van der Waals surface area contributed by atoms with Crippen LogP contribution >= 0.6 is 11.3 Å². The van der Waals surface area contributed by atoms with E-state index in [1.165, 1.54) is 0 Å². The highest BCUT2D eigenvalue weighted by molar-refractivity contribution is 7.13. The number of carbonyl (C=O) groups is 1. The fraction of sp³-hybridized carbons (Fsp3) is 0.276. The van der Waals surface area contributed by atoms with Crippen LogP contribution in [0.2, 0.25) is 0 Å². The maximum Gasteiger partial charge on any atom is 0.251 e. The molecule has 5 heterocycles. The van der Waals surface area contributed by atoms with Crippen LogP contribution in [0.25, 0.3) is 27.5 Å². The minimum Gasteiger partial charge on any atom is -0.473 e. The van der Waals surface area contributed by atoms with Crippen LogP contribution in [0.5, 0.6) is 5.88 Å². The van der Waals surface area contributed by atoms with Crippen molar-refractivity contribution in [2.45, 2.75) is 33.4 Å². The van der Waals surface area contributed by atoms with E-state index in [9.17, 15) is 4.79 Å². The average Bonchev–Trinajstić information content (AvgIpc) is 3.66. The van der Waals surface area contributed by atoms with Crippen LogP contribution in [-0.4, -0.2) is 61.0 Å². The van der Waals surface area contributed by atoms with Gasteiger partial charge in [0.25, 0.3) is 5.91 Å². The predicted molar refractivity (Wildman–Crippen MR) is 153 cm³/mol. The van der Waals surface area contributed by atoms with Gasteiger partial charge in [0.15, 0.2) is 5.65 Å². The van der Waals surface area contributed by atoms with E-state index in [2.05, 4.69) is 41.1 Å². The molecule has 5 rings (SSSR count). The molecule has 9 nitrogen and oxygen atoms in total. The lowest BCUT2D eigenvalue weighted by Gasteiger charge is -2.26. The molecule has 0 aliphatic rings. The number of ether oxygens (including phenoxy) is 1. The summed E-state index contributed by atoms with van der Waals surface area (Å²) in [7, 11) is 0. The van der Waals surface area contributed by atoms with Gasteiger partial charge in [-0.15, -0.1) is 11.3 Å². The van der Waals surface area contributed by atoms with Crippen LogP contribution in [0, 0.1) is 0 Å². The van der Waals surface area contributed by atoms with Crippen LogP contribution in [-0.2, 0) is 6.61 Å². The first-order valence-electron chi connectivity index (χ1n) is 13.0. The summed E-state index contributed by atoms with van der Waals surface area (Å²) in [6.07, 6.45) is 7.06. The lowest BCUT2D eigenvalue weighted by Crippen LogP contribution is -2.42. The highest BCUT2D eigenvalue weighted by Gasteiger charge is 2.18. The predicted octanol–water partition coefficient (Wildman–Crippen LogP) is 4.95. The molecule has 5 aromatic rings. The SMILES string of the molecule is CCN(CC)[C@@H](C)CNC(=O)c1cc(OCc2cccnc2)nc(-c2cnn3ccc(-c4cccs4)nc23)c1. The van der Waals surface area contributed by atoms with Crippen LogP contribution in [0.1, 0.15) is 36.7 Å². The van der Waals surface area contributed by atoms with Gasteiger partial charge in [-0.1, -0.05) is 26.0 Å². The van der Waals surface area contributed by atoms with Crippen molar-refractivity contribution in [3.05, 3.63) is 83.8 Å². The van der Waals surface area contributed by atoms with Crippen molar-refractivity contribution in [2.24, 2.45) is 0 Å². The van der Waals surface area contributed by atoms with Crippen LogP contribution in [0.4, 0.5) is 0 Å². The molecule has 1 amide bonds. The number of fused-ring (bicyclic) bond motifs is 1. The molecule has 0 radical (unpaired) electrons. The lowest BCUT2D eigenvalue weighted by molar-refractivity contribution is 0.0937. The summed E-state index contributed by atoms with van der Waals surface area (Å²) in [5.74, 6) is 0.152. The Balaban J connectivity index is 1.48. The number of rotatable bonds is 11. The summed E-state index contributed by atoms with van der Waals surface area (Å²) >= 11 is 1.63. The van der Waals surface area contributed by atoms with Gasteiger partial charge in [0.1, 0.15) is 6.61 Å². The second kappa shape index (κ2) is 12.1. The molecule has 39 heavy (non-hydrogen) atoms. The van der Waals surface area contributed by atoms with Crippen molar-refractivity contribution in [2.75, 3.05) is 19.6 Å². The number of pyridine rings is 2. The largest absolute Gasteiger partial charge is 0.473 e. The smallest absolute Gasteiger partial charge is 0.251 e. The van der Waals surface area contributed by atoms with Crippen LogP contribution in [0.3, 0.4) is 0 Å². The van der Waals surface area contributed by atoms with Crippen molar-refractivity contribution < 1.29 is 9.53 Å². The molecule has 5 aromatic heterocycles. The molecule has 1 N–H and O–H groups in total. The Labute approximate surface area is 231 Å². The second-order valence-corrected chi connectivity index (χ2v) is 10.1. The molecular weight excluding hydrogens is 510 g/mol. The van der Waals surface area contributed by atoms with Gasteiger partial charge in [0.05, 0.1) is 28.0 Å². The molecule has 0 aliphatic heterocycles. The number of nitrogens with one attached hydrogen (secondary N) is 1. The molecule has 0 bridgehead atoms. The number of thiophene rings is 1. The molecule has 200 valence electrons. The Morgan fingerprint density at radius 1 is 1.10 bits per heavy atom. The van der Waals surface area contributed by atoms with Gasteiger partial charge < -0.3 is 10.1 Å². The number of nitrogens with zero attached hydrogens (tertiary/aromatic N) is 6. The number of likely N-dealkylation sites (N-methyl/N-ethyl adjacent to an activating group) is 1. The van der Waals surface area contributed by atoms with E-state index in [1.54, 1.807) is 46.6 Å². The quantitative estimate of drug-likeness (QED) is 0.253. The first kappa shape index (κ1) is 26.5. The Kier molecular flexibility index (Phi) is 8.24. The fourth-order valence-corrected chi connectivity index (χ4v) is 5.11. The van der Waals surface area contributed by atoms with Crippen molar-refractivity contribution in [1.82, 2.24) is 34.8 Å². The van der Waals surface area contributed by atoms with Gasteiger partial charge in [-0.2, -0.15) is 5.10 Å². The van der Waals surface area contributed by atoms with Gasteiger partial charge in [-0.3, -0.25) is 14.7 Å². The molecule has 0 aromatic carbocycles. The molecular formula is C29H31N7O2S. The summed E-state index contributed by atoms with van der Waals surface area (Å²) in [5, 5.41) is 9.58. The standard InChI is InChI=1S/C29H31N7O2S/c1-4-35(5-2)20(3)16-31-29(37)22-14-25(33-27(15-22)38-19-21-8-6-11-30-17-21)23-18-32-36-12-10-24(34-28(23)36)26-9-7-13-39-26/h6-15,17-18,20H,4-5,16,19H2,1-3H3,(H,31,37)/t20-/m0/s1. The van der Waals surface area contributed by atoms with Crippen LogP contribution < -0.4 is 10.1 Å². The molecule has 0 aliphatic carbocycles. The lowest BCUT2D eigenvalue weighted by atomic mass is 10.1. The molecule has 1 atom stereocenters. The molecule has 0 saturated carbocycles. The van der Waals surface area contributed by atoms with E-state index in [4.69, 9.17) is 14.7 Å². The Morgan fingerprint density at radius 3 is 2.72 bits per heavy atom. The zero-order valence-electron chi connectivity index (χ0n) is 22.2. The topological polar surface area (TPSA) is 97.5 Å². The van der Waals surface area contributed by atoms with E-state index < -0.39 is 0 Å². The number of hydrogen-bond acceptors (Lipinski definition) is 8. The zero-order valence-corrected chi connectivity index (χ0v) is 23.1. The van der Waals surface area contributed by atoms with Gasteiger partial charge in [-0.05, 0) is 49.7 Å². The summed E-state index contributed by atoms with van der Waals surface area (Å²) in [6, 6.07) is 13.4. The van der Waals surface area contributed by atoms with E-state index in [0.717, 1.165) is 29.2 Å². The molecule has 10 heteroatoms. The normalized spacial score (nSPS) is 12.1. The summed E-state index contributed by atoms with van der Waals surface area (Å²) < 4.78 is 7.74. The first-order valence-corrected chi connectivity index (χ1v) is 13.9. The van der Waals surface area contributed by atoms with Crippen molar-refractivity contribution >= 4 is 22.9 Å². The van der Waals surface area contributed by atoms with E-state index in [0.29, 0.717) is 34.9 Å². The summed E-state index contributed by atoms with van der Waals surface area (Å²) in [5.41, 5.74) is 4.15. The van der Waals surface area contributed by atoms with Gasteiger partial charge in [0, 0.05) is 48.4 Å². The minimum atomic E-state index is -0.187. The van der Waals surface area contributed by atoms with Crippen molar-refractivity contribution in [1.29, 1.82) is 0 Å². The van der Waals surface area contributed by atoms with Crippen LogP contribution in [0.15, 0.2) is 72.6 Å². The molecule has 0 saturated heterocycles. The number of aromatic nitrogens is 5. The molecule has 0 spiro atoms. The van der Waals surface area contributed by atoms with Gasteiger partial charge in [0.2, 0.25) is 5.88 Å². The second-order valence-electron chi connectivity index (χ2n) is 9.13. The van der Waals surface area contributed by atoms with Gasteiger partial charge in [-0.25, -0.2) is 14.5 Å². The number of amides is 1. The maximum absolute atomic E-state index is 13.3. The number of carbonyl (C=O) groups excluding carboxylic acids is 1. The van der Waals surface area contributed by atoms with Gasteiger partial charge >= 0.3 is 0 Å².